The van der Waals surface area contributed by atoms with Crippen molar-refractivity contribution in [3.63, 3.8) is 0 Å². The van der Waals surface area contributed by atoms with Crippen LogP contribution in [0.3, 0.4) is 0 Å². The summed E-state index contributed by atoms with van der Waals surface area (Å²) in [5.74, 6) is -0.222. The Labute approximate surface area is 104 Å². The van der Waals surface area contributed by atoms with E-state index >= 15 is 0 Å². The SMILES string of the molecule is Cc1ccc(C)c(-c2nnc(C(=O)CCl)o2)c1. The van der Waals surface area contributed by atoms with Crippen LogP contribution < -0.4 is 0 Å². The van der Waals surface area contributed by atoms with Crippen molar-refractivity contribution in [1.82, 2.24) is 10.2 Å². The zero-order chi connectivity index (χ0) is 12.4. The number of carbonyl (C=O) groups excluding carboxylic acids is 1. The molecular weight excluding hydrogens is 240 g/mol. The van der Waals surface area contributed by atoms with E-state index in [0.29, 0.717) is 5.89 Å². The van der Waals surface area contributed by atoms with Crippen molar-refractivity contribution in [2.45, 2.75) is 13.8 Å². The van der Waals surface area contributed by atoms with Crippen LogP contribution in [0.4, 0.5) is 0 Å². The summed E-state index contributed by atoms with van der Waals surface area (Å²) in [7, 11) is 0. The standard InChI is InChI=1S/C12H11ClN2O2/c1-7-3-4-8(2)9(5-7)11-14-15-12(17-11)10(16)6-13/h3-5H,6H2,1-2H3. The highest BCUT2D eigenvalue weighted by atomic mass is 35.5. The molecule has 0 bridgehead atoms. The molecule has 0 saturated carbocycles. The van der Waals surface area contributed by atoms with Gasteiger partial charge in [0.2, 0.25) is 11.7 Å². The van der Waals surface area contributed by atoms with Crippen molar-refractivity contribution in [3.05, 3.63) is 35.2 Å². The van der Waals surface area contributed by atoms with E-state index in [1.165, 1.54) is 0 Å². The second-order valence-corrected chi connectivity index (χ2v) is 4.05. The molecule has 0 aliphatic carbocycles. The number of alkyl halides is 1. The fourth-order valence-corrected chi connectivity index (χ4v) is 1.58. The maximum Gasteiger partial charge on any atom is 0.285 e. The van der Waals surface area contributed by atoms with Crippen LogP contribution in [-0.4, -0.2) is 21.9 Å². The van der Waals surface area contributed by atoms with Crippen LogP contribution in [0.2, 0.25) is 0 Å². The lowest BCUT2D eigenvalue weighted by atomic mass is 10.1. The molecule has 4 nitrogen and oxygen atoms in total. The second-order valence-electron chi connectivity index (χ2n) is 3.79. The third-order valence-electron chi connectivity index (χ3n) is 2.41. The van der Waals surface area contributed by atoms with Crippen LogP contribution in [-0.2, 0) is 0 Å². The van der Waals surface area contributed by atoms with Gasteiger partial charge in [-0.2, -0.15) is 0 Å². The summed E-state index contributed by atoms with van der Waals surface area (Å²) in [6.45, 7) is 3.92. The molecule has 1 aromatic heterocycles. The molecule has 0 aliphatic rings. The Morgan fingerprint density at radius 2 is 2.12 bits per heavy atom. The third-order valence-corrected chi connectivity index (χ3v) is 2.65. The lowest BCUT2D eigenvalue weighted by molar-refractivity contribution is 0.0985. The van der Waals surface area contributed by atoms with Crippen LogP contribution in [0.1, 0.15) is 21.8 Å². The summed E-state index contributed by atoms with van der Waals surface area (Å²) in [6, 6.07) is 5.91. The van der Waals surface area contributed by atoms with Gasteiger partial charge in [-0.3, -0.25) is 4.79 Å². The zero-order valence-electron chi connectivity index (χ0n) is 9.53. The van der Waals surface area contributed by atoms with Crippen LogP contribution in [0, 0.1) is 13.8 Å². The predicted molar refractivity (Wildman–Crippen MR) is 64.3 cm³/mol. The molecule has 2 aromatic rings. The van der Waals surface area contributed by atoms with E-state index in [9.17, 15) is 4.79 Å². The molecular formula is C12H11ClN2O2. The molecule has 0 amide bonds. The van der Waals surface area contributed by atoms with Gasteiger partial charge in [0.05, 0.1) is 5.88 Å². The van der Waals surface area contributed by atoms with Gasteiger partial charge < -0.3 is 4.42 Å². The fourth-order valence-electron chi connectivity index (χ4n) is 1.47. The molecule has 5 heteroatoms. The number of Topliss-reactive ketones (excluding diaryl/α,β-unsaturated/α-hetero) is 1. The van der Waals surface area contributed by atoms with E-state index in [4.69, 9.17) is 16.0 Å². The topological polar surface area (TPSA) is 56.0 Å². The average Bonchev–Trinajstić information content (AvgIpc) is 2.80. The summed E-state index contributed by atoms with van der Waals surface area (Å²) in [4.78, 5) is 11.3. The minimum absolute atomic E-state index is 0.0455. The maximum atomic E-state index is 11.3. The normalized spacial score (nSPS) is 10.5. The quantitative estimate of drug-likeness (QED) is 0.621. The van der Waals surface area contributed by atoms with E-state index in [1.54, 1.807) is 0 Å². The summed E-state index contributed by atoms with van der Waals surface area (Å²) in [6.07, 6.45) is 0. The first-order valence-corrected chi connectivity index (χ1v) is 5.65. The molecule has 1 aromatic carbocycles. The monoisotopic (exact) mass is 250 g/mol. The molecule has 17 heavy (non-hydrogen) atoms. The number of halogens is 1. The Balaban J connectivity index is 2.43. The number of hydrogen-bond donors (Lipinski definition) is 0. The van der Waals surface area contributed by atoms with Gasteiger partial charge in [-0.25, -0.2) is 0 Å². The number of rotatable bonds is 3. The van der Waals surface area contributed by atoms with Crippen LogP contribution in [0.5, 0.6) is 0 Å². The van der Waals surface area contributed by atoms with Crippen LogP contribution in [0.15, 0.2) is 22.6 Å². The van der Waals surface area contributed by atoms with Gasteiger partial charge in [0.25, 0.3) is 5.89 Å². The van der Waals surface area contributed by atoms with E-state index in [0.717, 1.165) is 16.7 Å². The number of nitrogens with zero attached hydrogens (tertiary/aromatic N) is 2. The van der Waals surface area contributed by atoms with Gasteiger partial charge in [0.15, 0.2) is 0 Å². The van der Waals surface area contributed by atoms with E-state index in [1.807, 2.05) is 32.0 Å². The average molecular weight is 251 g/mol. The molecule has 1 heterocycles. The first-order chi connectivity index (χ1) is 8.11. The molecule has 0 saturated heterocycles. The molecule has 0 N–H and O–H groups in total. The van der Waals surface area contributed by atoms with Crippen molar-refractivity contribution in [3.8, 4) is 11.5 Å². The van der Waals surface area contributed by atoms with Crippen LogP contribution >= 0.6 is 11.6 Å². The van der Waals surface area contributed by atoms with E-state index in [-0.39, 0.29) is 17.6 Å². The highest BCUT2D eigenvalue weighted by molar-refractivity contribution is 6.29. The van der Waals surface area contributed by atoms with Crippen molar-refractivity contribution in [2.75, 3.05) is 5.88 Å². The van der Waals surface area contributed by atoms with Gasteiger partial charge in [0, 0.05) is 5.56 Å². The fraction of sp³-hybridized carbons (Fsp3) is 0.250. The highest BCUT2D eigenvalue weighted by Crippen LogP contribution is 2.23. The number of ketones is 1. The van der Waals surface area contributed by atoms with Crippen molar-refractivity contribution in [1.29, 1.82) is 0 Å². The first-order valence-electron chi connectivity index (χ1n) is 5.12. The number of hydrogen-bond acceptors (Lipinski definition) is 4. The molecule has 0 radical (unpaired) electrons. The van der Waals surface area contributed by atoms with Crippen LogP contribution in [0.25, 0.3) is 11.5 Å². The Morgan fingerprint density at radius 1 is 1.35 bits per heavy atom. The summed E-state index contributed by atoms with van der Waals surface area (Å²) < 4.78 is 5.30. The third kappa shape index (κ3) is 2.36. The van der Waals surface area contributed by atoms with E-state index in [2.05, 4.69) is 10.2 Å². The van der Waals surface area contributed by atoms with Gasteiger partial charge in [0.1, 0.15) is 0 Å². The predicted octanol–water partition coefficient (Wildman–Crippen LogP) is 2.77. The summed E-state index contributed by atoms with van der Waals surface area (Å²) in [5.41, 5.74) is 2.95. The molecule has 0 aliphatic heterocycles. The molecule has 0 unspecified atom stereocenters. The van der Waals surface area contributed by atoms with Gasteiger partial charge in [-0.1, -0.05) is 17.7 Å². The molecule has 2 rings (SSSR count). The lowest BCUT2D eigenvalue weighted by Crippen LogP contribution is -1.99. The minimum Gasteiger partial charge on any atom is -0.414 e. The molecule has 88 valence electrons. The lowest BCUT2D eigenvalue weighted by Gasteiger charge is -2.01. The highest BCUT2D eigenvalue weighted by Gasteiger charge is 2.15. The number of aryl methyl sites for hydroxylation is 2. The van der Waals surface area contributed by atoms with Gasteiger partial charge in [-0.05, 0) is 25.5 Å². The molecule has 0 fully saturated rings. The summed E-state index contributed by atoms with van der Waals surface area (Å²) >= 11 is 5.42. The van der Waals surface area contributed by atoms with Crippen molar-refractivity contribution >= 4 is 17.4 Å². The van der Waals surface area contributed by atoms with Crippen molar-refractivity contribution < 1.29 is 9.21 Å². The minimum atomic E-state index is -0.365. The summed E-state index contributed by atoms with van der Waals surface area (Å²) in [5, 5.41) is 7.54. The Morgan fingerprint density at radius 3 is 2.82 bits per heavy atom. The zero-order valence-corrected chi connectivity index (χ0v) is 10.3. The number of carbonyl (C=O) groups is 1. The largest absolute Gasteiger partial charge is 0.414 e. The maximum absolute atomic E-state index is 11.3. The Hall–Kier alpha value is -1.68. The first kappa shape index (κ1) is 11.8. The number of aromatic nitrogens is 2. The smallest absolute Gasteiger partial charge is 0.285 e. The second kappa shape index (κ2) is 4.67. The van der Waals surface area contributed by atoms with Gasteiger partial charge in [-0.15, -0.1) is 21.8 Å². The molecule has 0 atom stereocenters. The Bertz CT molecular complexity index is 563. The number of benzene rings is 1. The van der Waals surface area contributed by atoms with Crippen molar-refractivity contribution in [2.24, 2.45) is 0 Å². The Kier molecular flexibility index (Phi) is 3.24. The molecule has 0 spiro atoms. The van der Waals surface area contributed by atoms with Gasteiger partial charge >= 0.3 is 0 Å². The van der Waals surface area contributed by atoms with E-state index < -0.39 is 0 Å².